The van der Waals surface area contributed by atoms with Gasteiger partial charge >= 0.3 is 33.6 Å². The van der Waals surface area contributed by atoms with E-state index in [1.807, 2.05) is 0 Å². The SMILES string of the molecule is CC/C=C\C/C=C\C/C=C\C/C=C\C/C=C\CCCCCCCCCC(=O)OCC(O)COP(=O)(O)OCC(O)COP(=O)(O)OCC(COC(=O)CCCCCCC/C=C\C/C=C\C/C=C\C/C=C\CCCCC)OC(=O)CCCCCCCC/C=C\C/C=C\C/C=C\C/C=C\CC. The molecule has 0 aromatic carbocycles. The van der Waals surface area contributed by atoms with Crippen LogP contribution in [0.3, 0.4) is 0 Å². The zero-order valence-electron chi connectivity index (χ0n) is 61.4. The van der Waals surface area contributed by atoms with E-state index < -0.39 is 91.5 Å². The van der Waals surface area contributed by atoms with Gasteiger partial charge in [-0.1, -0.05) is 269 Å². The van der Waals surface area contributed by atoms with Gasteiger partial charge in [0.1, 0.15) is 25.4 Å². The summed E-state index contributed by atoms with van der Waals surface area (Å²) in [4.78, 5) is 58.6. The van der Waals surface area contributed by atoms with Gasteiger partial charge in [-0.2, -0.15) is 0 Å². The fourth-order valence-electron chi connectivity index (χ4n) is 9.51. The number of allylic oxidation sites excluding steroid dienone is 26. The van der Waals surface area contributed by atoms with Crippen molar-refractivity contribution in [1.29, 1.82) is 0 Å². The lowest BCUT2D eigenvalue weighted by molar-refractivity contribution is -0.161. The molecule has 0 rings (SSSR count). The van der Waals surface area contributed by atoms with Gasteiger partial charge in [-0.25, -0.2) is 9.13 Å². The Morgan fingerprint density at radius 3 is 0.848 bits per heavy atom. The third-order valence-corrected chi connectivity index (χ3v) is 17.1. The average Bonchev–Trinajstić information content (AvgIpc) is 2.30. The van der Waals surface area contributed by atoms with Crippen molar-refractivity contribution in [2.75, 3.05) is 39.6 Å². The molecule has 5 unspecified atom stereocenters. The van der Waals surface area contributed by atoms with Gasteiger partial charge in [-0.05, 0) is 148 Å². The number of carbonyl (C=O) groups excluding carboxylic acids is 3. The summed E-state index contributed by atoms with van der Waals surface area (Å²) < 4.78 is 61.1. The Morgan fingerprint density at radius 2 is 0.535 bits per heavy atom. The molecule has 4 N–H and O–H groups in total. The van der Waals surface area contributed by atoms with Gasteiger partial charge in [0.15, 0.2) is 6.10 Å². The fourth-order valence-corrected chi connectivity index (χ4v) is 11.1. The molecular formula is C81H134O16P2. The van der Waals surface area contributed by atoms with Crippen molar-refractivity contribution in [2.45, 2.75) is 296 Å². The highest BCUT2D eigenvalue weighted by Crippen LogP contribution is 2.45. The molecule has 16 nitrogen and oxygen atoms in total. The maximum absolute atomic E-state index is 13.0. The van der Waals surface area contributed by atoms with E-state index in [0.29, 0.717) is 19.3 Å². The van der Waals surface area contributed by atoms with Crippen LogP contribution in [0.4, 0.5) is 0 Å². The zero-order chi connectivity index (χ0) is 72.3. The Kier molecular flexibility index (Phi) is 69.4. The van der Waals surface area contributed by atoms with Crippen molar-refractivity contribution in [1.82, 2.24) is 0 Å². The highest BCUT2D eigenvalue weighted by molar-refractivity contribution is 7.47. The fraction of sp³-hybridized carbons (Fsp3) is 0.642. The summed E-state index contributed by atoms with van der Waals surface area (Å²) >= 11 is 0. The van der Waals surface area contributed by atoms with Gasteiger partial charge in [0, 0.05) is 19.3 Å². The van der Waals surface area contributed by atoms with Crippen LogP contribution in [0.15, 0.2) is 158 Å². The van der Waals surface area contributed by atoms with E-state index in [1.54, 1.807) is 0 Å². The summed E-state index contributed by atoms with van der Waals surface area (Å²) in [7, 11) is -9.81. The normalized spacial score (nSPS) is 14.9. The van der Waals surface area contributed by atoms with Crippen molar-refractivity contribution in [3.63, 3.8) is 0 Å². The largest absolute Gasteiger partial charge is 0.472 e. The highest BCUT2D eigenvalue weighted by atomic mass is 31.2. The minimum absolute atomic E-state index is 0.0781. The molecule has 99 heavy (non-hydrogen) atoms. The summed E-state index contributed by atoms with van der Waals surface area (Å²) in [5, 5.41) is 20.6. The maximum atomic E-state index is 13.0. The Bertz CT molecular complexity index is 2430. The first-order valence-corrected chi connectivity index (χ1v) is 40.8. The molecule has 0 saturated heterocycles. The first kappa shape index (κ1) is 94.2. The van der Waals surface area contributed by atoms with Crippen LogP contribution in [-0.4, -0.2) is 95.9 Å². The minimum Gasteiger partial charge on any atom is -0.463 e. The molecule has 0 aromatic rings. The predicted octanol–water partition coefficient (Wildman–Crippen LogP) is 21.9. The van der Waals surface area contributed by atoms with Gasteiger partial charge in [0.2, 0.25) is 0 Å². The lowest BCUT2D eigenvalue weighted by Crippen LogP contribution is -2.30. The van der Waals surface area contributed by atoms with Crippen LogP contribution in [0.2, 0.25) is 0 Å². The van der Waals surface area contributed by atoms with E-state index in [4.69, 9.17) is 32.3 Å². The van der Waals surface area contributed by atoms with E-state index in [1.165, 1.54) is 25.7 Å². The van der Waals surface area contributed by atoms with Crippen LogP contribution < -0.4 is 0 Å². The first-order chi connectivity index (χ1) is 48.2. The van der Waals surface area contributed by atoms with Gasteiger partial charge in [-0.15, -0.1) is 0 Å². The molecule has 0 aliphatic carbocycles. The van der Waals surface area contributed by atoms with Crippen molar-refractivity contribution in [2.24, 2.45) is 0 Å². The number of phosphoric acid groups is 2. The second-order valence-electron chi connectivity index (χ2n) is 24.7. The number of carbonyl (C=O) groups is 3. The smallest absolute Gasteiger partial charge is 0.463 e. The van der Waals surface area contributed by atoms with Crippen LogP contribution in [0.5, 0.6) is 0 Å². The van der Waals surface area contributed by atoms with Crippen molar-refractivity contribution in [3.8, 4) is 0 Å². The Morgan fingerprint density at radius 1 is 0.293 bits per heavy atom. The van der Waals surface area contributed by atoms with E-state index >= 15 is 0 Å². The van der Waals surface area contributed by atoms with E-state index in [0.717, 1.165) is 193 Å². The maximum Gasteiger partial charge on any atom is 0.472 e. The Hall–Kier alpha value is -4.83. The third kappa shape index (κ3) is 74.2. The molecule has 0 aliphatic rings. The van der Waals surface area contributed by atoms with Gasteiger partial charge in [-0.3, -0.25) is 32.5 Å². The number of rotatable bonds is 70. The molecule has 0 amide bonds. The van der Waals surface area contributed by atoms with E-state index in [2.05, 4.69) is 179 Å². The lowest BCUT2D eigenvalue weighted by atomic mass is 10.1. The number of aliphatic hydroxyl groups excluding tert-OH is 2. The number of unbranched alkanes of at least 4 members (excludes halogenated alkanes) is 21. The monoisotopic (exact) mass is 1420 g/mol. The molecule has 5 atom stereocenters. The molecule has 0 bridgehead atoms. The van der Waals surface area contributed by atoms with Crippen LogP contribution >= 0.6 is 15.6 Å². The lowest BCUT2D eigenvalue weighted by Gasteiger charge is -2.21. The van der Waals surface area contributed by atoms with Crippen LogP contribution in [0.25, 0.3) is 0 Å². The second kappa shape index (κ2) is 72.9. The quantitative estimate of drug-likeness (QED) is 0.0146. The van der Waals surface area contributed by atoms with Gasteiger partial charge in [0.25, 0.3) is 0 Å². The summed E-state index contributed by atoms with van der Waals surface area (Å²) in [6.07, 6.45) is 89.8. The molecule has 18 heteroatoms. The molecule has 0 aliphatic heterocycles. The van der Waals surface area contributed by atoms with E-state index in [-0.39, 0.29) is 19.3 Å². The molecule has 0 heterocycles. The standard InChI is InChI=1S/C81H134O16P2/c1-4-7-10-13-16-19-22-25-28-31-34-36-37-39-42-43-46-49-52-55-58-61-64-67-79(84)91-70-76(82)71-93-98(87,88)94-72-77(83)73-95-99(89,90)96-75-78(97-81(86)69-66-63-60-57-54-51-48-45-40-33-30-27-24-21-18-15-12-9-6-3)74-92-80(85)68-65-62-59-56-53-50-47-44-41-38-35-32-29-26-23-20-17-14-11-8-5-2/h7,9-10,12,16-21,25-30,34-36,38-40,42,44-45,47,76-78,82-83H,4-6,8,11,13-15,22-24,31-33,37,41,43,46,48-75H2,1-3H3,(H,87,88)(H,89,90)/b10-7-,12-9-,19-16-,20-17-,21-18-,28-25-,29-26-,30-27-,36-34-,38-35-,42-39-,45-40-,47-44-. The van der Waals surface area contributed by atoms with Gasteiger partial charge in [0.05, 0.1) is 26.4 Å². The topological polar surface area (TPSA) is 231 Å². The summed E-state index contributed by atoms with van der Waals surface area (Å²) in [6.45, 7) is 2.36. The Labute approximate surface area is 600 Å². The molecule has 0 aromatic heterocycles. The highest BCUT2D eigenvalue weighted by Gasteiger charge is 2.29. The predicted molar refractivity (Wildman–Crippen MR) is 408 cm³/mol. The summed E-state index contributed by atoms with van der Waals surface area (Å²) in [5.41, 5.74) is 0. The Balaban J connectivity index is 4.74. The number of hydrogen-bond donors (Lipinski definition) is 4. The molecular weight excluding hydrogens is 1290 g/mol. The number of phosphoric ester groups is 2. The van der Waals surface area contributed by atoms with E-state index in [9.17, 15) is 43.5 Å². The van der Waals surface area contributed by atoms with Crippen molar-refractivity contribution >= 4 is 33.6 Å². The molecule has 0 saturated carbocycles. The zero-order valence-corrected chi connectivity index (χ0v) is 63.1. The third-order valence-electron chi connectivity index (χ3n) is 15.2. The van der Waals surface area contributed by atoms with Crippen LogP contribution in [-0.2, 0) is 55.8 Å². The van der Waals surface area contributed by atoms with Crippen LogP contribution in [0, 0.1) is 0 Å². The molecule has 0 fully saturated rings. The molecule has 0 spiro atoms. The number of hydrogen-bond acceptors (Lipinski definition) is 14. The van der Waals surface area contributed by atoms with Crippen LogP contribution in [0.1, 0.15) is 278 Å². The molecule has 564 valence electrons. The number of aliphatic hydroxyl groups is 2. The number of ether oxygens (including phenoxy) is 3. The second-order valence-corrected chi connectivity index (χ2v) is 27.6. The summed E-state index contributed by atoms with van der Waals surface area (Å²) in [6, 6.07) is 0. The average molecular weight is 1430 g/mol. The van der Waals surface area contributed by atoms with Crippen molar-refractivity contribution < 1.29 is 75.8 Å². The minimum atomic E-state index is -4.95. The summed E-state index contributed by atoms with van der Waals surface area (Å²) in [5.74, 6) is -1.63. The first-order valence-electron chi connectivity index (χ1n) is 37.8. The number of esters is 3. The van der Waals surface area contributed by atoms with Crippen molar-refractivity contribution in [3.05, 3.63) is 158 Å². The van der Waals surface area contributed by atoms with Gasteiger partial charge < -0.3 is 34.2 Å². The molecule has 0 radical (unpaired) electrons.